The summed E-state index contributed by atoms with van der Waals surface area (Å²) in [6.07, 6.45) is 8.33. The van der Waals surface area contributed by atoms with Gasteiger partial charge in [-0.25, -0.2) is 0 Å². The third kappa shape index (κ3) is 2.97. The van der Waals surface area contributed by atoms with Crippen LogP contribution in [0.5, 0.6) is 0 Å². The lowest BCUT2D eigenvalue weighted by Crippen LogP contribution is -2.36. The highest BCUT2D eigenvalue weighted by molar-refractivity contribution is 6.02. The van der Waals surface area contributed by atoms with Gasteiger partial charge in [0.05, 0.1) is 11.9 Å². The van der Waals surface area contributed by atoms with E-state index in [-0.39, 0.29) is 5.84 Å². The fourth-order valence-corrected chi connectivity index (χ4v) is 2.76. The molecule has 1 aromatic heterocycles. The summed E-state index contributed by atoms with van der Waals surface area (Å²) in [5, 5.41) is 12.0. The quantitative estimate of drug-likeness (QED) is 0.379. The summed E-state index contributed by atoms with van der Waals surface area (Å²) in [5.74, 6) is 0.954. The molecule has 1 aromatic rings. The van der Waals surface area contributed by atoms with Crippen LogP contribution in [0, 0.1) is 5.92 Å². The molecule has 0 atom stereocenters. The fraction of sp³-hybridized carbons (Fsp3) is 0.571. The van der Waals surface area contributed by atoms with Crippen molar-refractivity contribution in [2.45, 2.75) is 38.6 Å². The highest BCUT2D eigenvalue weighted by Crippen LogP contribution is 2.30. The Morgan fingerprint density at radius 1 is 1.42 bits per heavy atom. The van der Waals surface area contributed by atoms with Crippen molar-refractivity contribution < 1.29 is 5.21 Å². The zero-order valence-corrected chi connectivity index (χ0v) is 11.6. The van der Waals surface area contributed by atoms with Gasteiger partial charge in [-0.2, -0.15) is 0 Å². The van der Waals surface area contributed by atoms with Gasteiger partial charge in [-0.05, 0) is 37.7 Å². The Morgan fingerprint density at radius 3 is 2.74 bits per heavy atom. The zero-order valence-electron chi connectivity index (χ0n) is 11.6. The molecule has 0 saturated heterocycles. The molecule has 0 radical (unpaired) electrons. The minimum absolute atomic E-state index is 0.133. The van der Waals surface area contributed by atoms with Crippen LogP contribution in [0.25, 0.3) is 0 Å². The summed E-state index contributed by atoms with van der Waals surface area (Å²) < 4.78 is 0. The number of amidine groups is 1. The lowest BCUT2D eigenvalue weighted by molar-refractivity contribution is 0.318. The van der Waals surface area contributed by atoms with Crippen molar-refractivity contribution in [3.8, 4) is 0 Å². The Morgan fingerprint density at radius 2 is 2.11 bits per heavy atom. The number of hydrogen-bond donors (Lipinski definition) is 2. The summed E-state index contributed by atoms with van der Waals surface area (Å²) in [5.41, 5.74) is 7.39. The van der Waals surface area contributed by atoms with Gasteiger partial charge in [0.25, 0.3) is 0 Å². The first-order chi connectivity index (χ1) is 9.13. The Kier molecular flexibility index (Phi) is 4.24. The number of rotatable bonds is 3. The largest absolute Gasteiger partial charge is 0.409 e. The van der Waals surface area contributed by atoms with Crippen molar-refractivity contribution in [3.63, 3.8) is 0 Å². The molecule has 0 aromatic carbocycles. The smallest absolute Gasteiger partial charge is 0.172 e. The molecule has 3 N–H and O–H groups in total. The van der Waals surface area contributed by atoms with E-state index in [9.17, 15) is 0 Å². The van der Waals surface area contributed by atoms with E-state index in [1.54, 1.807) is 18.5 Å². The zero-order chi connectivity index (χ0) is 13.8. The van der Waals surface area contributed by atoms with Crippen molar-refractivity contribution in [2.24, 2.45) is 16.8 Å². The molecule has 5 nitrogen and oxygen atoms in total. The van der Waals surface area contributed by atoms with Gasteiger partial charge in [-0.15, -0.1) is 0 Å². The predicted molar refractivity (Wildman–Crippen MR) is 76.6 cm³/mol. The molecule has 0 spiro atoms. The van der Waals surface area contributed by atoms with Gasteiger partial charge in [0.15, 0.2) is 5.84 Å². The molecule has 0 bridgehead atoms. The maximum absolute atomic E-state index is 8.86. The first kappa shape index (κ1) is 13.6. The molecule has 104 valence electrons. The van der Waals surface area contributed by atoms with Crippen LogP contribution in [0.2, 0.25) is 0 Å². The van der Waals surface area contributed by atoms with Crippen molar-refractivity contribution in [2.75, 3.05) is 11.9 Å². The third-order valence-electron chi connectivity index (χ3n) is 4.10. The van der Waals surface area contributed by atoms with Crippen LogP contribution in [0.1, 0.15) is 38.2 Å². The number of nitrogens with zero attached hydrogens (tertiary/aromatic N) is 3. The summed E-state index contributed by atoms with van der Waals surface area (Å²) in [4.78, 5) is 6.37. The maximum atomic E-state index is 8.86. The van der Waals surface area contributed by atoms with Crippen LogP contribution in [0.4, 0.5) is 5.69 Å². The molecule has 5 heteroatoms. The molecule has 1 aliphatic rings. The number of oxime groups is 1. The third-order valence-corrected chi connectivity index (χ3v) is 4.10. The lowest BCUT2D eigenvalue weighted by atomic mass is 9.86. The molecule has 1 fully saturated rings. The van der Waals surface area contributed by atoms with Crippen LogP contribution < -0.4 is 10.6 Å². The van der Waals surface area contributed by atoms with E-state index in [4.69, 9.17) is 10.9 Å². The van der Waals surface area contributed by atoms with Gasteiger partial charge >= 0.3 is 0 Å². The number of pyridine rings is 1. The highest BCUT2D eigenvalue weighted by Gasteiger charge is 2.23. The Bertz CT molecular complexity index is 453. The molecule has 0 unspecified atom stereocenters. The lowest BCUT2D eigenvalue weighted by Gasteiger charge is -2.35. The molecule has 1 heterocycles. The predicted octanol–water partition coefficient (Wildman–Crippen LogP) is 2.19. The van der Waals surface area contributed by atoms with Crippen LogP contribution in [0.3, 0.4) is 0 Å². The summed E-state index contributed by atoms with van der Waals surface area (Å²) in [7, 11) is 2.06. The second-order valence-electron chi connectivity index (χ2n) is 5.40. The van der Waals surface area contributed by atoms with Gasteiger partial charge in [-0.1, -0.05) is 12.1 Å². The molecular weight excluding hydrogens is 240 g/mol. The molecule has 0 amide bonds. The number of anilines is 1. The minimum Gasteiger partial charge on any atom is -0.409 e. The van der Waals surface area contributed by atoms with E-state index >= 15 is 0 Å². The van der Waals surface area contributed by atoms with E-state index in [1.807, 2.05) is 0 Å². The number of nitrogens with two attached hydrogens (primary N) is 1. The Labute approximate surface area is 114 Å². The molecule has 2 rings (SSSR count). The van der Waals surface area contributed by atoms with E-state index < -0.39 is 0 Å². The topological polar surface area (TPSA) is 74.7 Å². The van der Waals surface area contributed by atoms with E-state index in [0.717, 1.165) is 17.2 Å². The van der Waals surface area contributed by atoms with E-state index in [0.29, 0.717) is 6.04 Å². The molecule has 1 aliphatic carbocycles. The van der Waals surface area contributed by atoms with Gasteiger partial charge in [0, 0.05) is 24.8 Å². The van der Waals surface area contributed by atoms with Gasteiger partial charge in [-0.3, -0.25) is 4.98 Å². The SMILES string of the molecule is CC1CCC(N(C)c2cnccc2/C(N)=N/O)CC1. The minimum atomic E-state index is 0.133. The second kappa shape index (κ2) is 5.91. The number of hydrogen-bond acceptors (Lipinski definition) is 4. The van der Waals surface area contributed by atoms with Crippen molar-refractivity contribution in [3.05, 3.63) is 24.0 Å². The summed E-state index contributed by atoms with van der Waals surface area (Å²) in [6.45, 7) is 2.31. The van der Waals surface area contributed by atoms with Gasteiger partial charge < -0.3 is 15.8 Å². The molecule has 19 heavy (non-hydrogen) atoms. The summed E-state index contributed by atoms with van der Waals surface area (Å²) in [6, 6.07) is 2.29. The fourth-order valence-electron chi connectivity index (χ4n) is 2.76. The first-order valence-electron chi connectivity index (χ1n) is 6.78. The monoisotopic (exact) mass is 262 g/mol. The van der Waals surface area contributed by atoms with Crippen LogP contribution in [-0.2, 0) is 0 Å². The van der Waals surface area contributed by atoms with Crippen molar-refractivity contribution in [1.82, 2.24) is 4.98 Å². The average molecular weight is 262 g/mol. The molecular formula is C14H22N4O. The van der Waals surface area contributed by atoms with Gasteiger partial charge in [0.2, 0.25) is 0 Å². The van der Waals surface area contributed by atoms with E-state index in [1.165, 1.54) is 25.7 Å². The van der Waals surface area contributed by atoms with Crippen LogP contribution in [0.15, 0.2) is 23.6 Å². The Hall–Kier alpha value is -1.78. The van der Waals surface area contributed by atoms with Crippen LogP contribution >= 0.6 is 0 Å². The first-order valence-corrected chi connectivity index (χ1v) is 6.78. The van der Waals surface area contributed by atoms with Crippen molar-refractivity contribution >= 4 is 11.5 Å². The average Bonchev–Trinajstić information content (AvgIpc) is 2.46. The van der Waals surface area contributed by atoms with Gasteiger partial charge in [0.1, 0.15) is 0 Å². The molecule has 1 saturated carbocycles. The molecule has 0 aliphatic heterocycles. The standard InChI is InChI=1S/C14H22N4O/c1-10-3-5-11(6-4-10)18(2)13-9-16-8-7-12(13)14(15)17-19/h7-11,19H,3-6H2,1-2H3,(H2,15,17). The maximum Gasteiger partial charge on any atom is 0.172 e. The summed E-state index contributed by atoms with van der Waals surface area (Å²) >= 11 is 0. The van der Waals surface area contributed by atoms with Crippen LogP contribution in [-0.4, -0.2) is 29.1 Å². The Balaban J connectivity index is 2.21. The normalized spacial score (nSPS) is 24.2. The second-order valence-corrected chi connectivity index (χ2v) is 5.40. The van der Waals surface area contributed by atoms with Crippen molar-refractivity contribution in [1.29, 1.82) is 0 Å². The van der Waals surface area contributed by atoms with E-state index in [2.05, 4.69) is 29.0 Å². The highest BCUT2D eigenvalue weighted by atomic mass is 16.4. The number of aromatic nitrogens is 1.